The lowest BCUT2D eigenvalue weighted by Crippen LogP contribution is -2.46. The maximum absolute atomic E-state index is 11.1. The number of hydrogen-bond acceptors (Lipinski definition) is 2. The molecule has 0 aromatic carbocycles. The Bertz CT molecular complexity index is 179. The van der Waals surface area contributed by atoms with E-state index in [1.807, 2.05) is 6.92 Å². The second kappa shape index (κ2) is 4.09. The average molecular weight is 184 g/mol. The van der Waals surface area contributed by atoms with Crippen molar-refractivity contribution >= 4 is 5.91 Å². The van der Waals surface area contributed by atoms with Crippen LogP contribution >= 0.6 is 0 Å². The molecule has 0 unspecified atom stereocenters. The van der Waals surface area contributed by atoms with Gasteiger partial charge in [-0.25, -0.2) is 0 Å². The molecule has 3 N–H and O–H groups in total. The third-order valence-corrected chi connectivity index (χ3v) is 2.81. The molecule has 1 aliphatic rings. The van der Waals surface area contributed by atoms with E-state index in [0.717, 1.165) is 25.7 Å². The molecule has 0 aromatic heterocycles. The van der Waals surface area contributed by atoms with Gasteiger partial charge in [-0.05, 0) is 32.6 Å². The van der Waals surface area contributed by atoms with Crippen LogP contribution in [0.3, 0.4) is 0 Å². The summed E-state index contributed by atoms with van der Waals surface area (Å²) < 4.78 is 0. The molecule has 0 saturated heterocycles. The Morgan fingerprint density at radius 1 is 1.54 bits per heavy atom. The summed E-state index contributed by atoms with van der Waals surface area (Å²) >= 11 is 0. The molecule has 0 bridgehead atoms. The average Bonchev–Trinajstić information content (AvgIpc) is 2.08. The fourth-order valence-electron chi connectivity index (χ4n) is 1.75. The fraction of sp³-hybridized carbons (Fsp3) is 0.900. The van der Waals surface area contributed by atoms with Crippen molar-refractivity contribution in [3.8, 4) is 0 Å². The topological polar surface area (TPSA) is 55.1 Å². The summed E-state index contributed by atoms with van der Waals surface area (Å²) in [5.41, 5.74) is 5.98. The van der Waals surface area contributed by atoms with Crippen molar-refractivity contribution in [2.75, 3.05) is 0 Å². The monoisotopic (exact) mass is 184 g/mol. The van der Waals surface area contributed by atoms with Crippen molar-refractivity contribution < 1.29 is 4.79 Å². The maximum atomic E-state index is 11.1. The predicted octanol–water partition coefficient (Wildman–Crippen LogP) is 1.17. The normalized spacial score (nSPS) is 34.2. The van der Waals surface area contributed by atoms with E-state index in [2.05, 4.69) is 12.2 Å². The van der Waals surface area contributed by atoms with E-state index >= 15 is 0 Å². The number of carbonyl (C=O) groups excluding carboxylic acids is 1. The van der Waals surface area contributed by atoms with Crippen LogP contribution in [0.4, 0.5) is 0 Å². The Labute approximate surface area is 80.1 Å². The standard InChI is InChI=1S/C10H20N2O/c1-3-9(13)12-8-4-6-10(2,11)7-5-8/h8H,3-7,11H2,1-2H3,(H,12,13). The van der Waals surface area contributed by atoms with Crippen molar-refractivity contribution in [2.45, 2.75) is 57.5 Å². The molecule has 13 heavy (non-hydrogen) atoms. The lowest BCUT2D eigenvalue weighted by atomic mass is 9.81. The molecule has 1 amide bonds. The minimum atomic E-state index is -0.00651. The molecule has 1 saturated carbocycles. The third kappa shape index (κ3) is 3.35. The summed E-state index contributed by atoms with van der Waals surface area (Å²) in [6.07, 6.45) is 4.66. The zero-order chi connectivity index (χ0) is 9.90. The molecule has 1 aliphatic carbocycles. The van der Waals surface area contributed by atoms with Crippen molar-refractivity contribution in [1.82, 2.24) is 5.32 Å². The highest BCUT2D eigenvalue weighted by molar-refractivity contribution is 5.75. The summed E-state index contributed by atoms with van der Waals surface area (Å²) in [7, 11) is 0. The lowest BCUT2D eigenvalue weighted by Gasteiger charge is -2.34. The highest BCUT2D eigenvalue weighted by Crippen LogP contribution is 2.25. The van der Waals surface area contributed by atoms with Crippen LogP contribution in [0.5, 0.6) is 0 Å². The minimum Gasteiger partial charge on any atom is -0.353 e. The van der Waals surface area contributed by atoms with Gasteiger partial charge < -0.3 is 11.1 Å². The van der Waals surface area contributed by atoms with Crippen molar-refractivity contribution in [3.05, 3.63) is 0 Å². The highest BCUT2D eigenvalue weighted by atomic mass is 16.1. The zero-order valence-corrected chi connectivity index (χ0v) is 8.60. The molecule has 1 rings (SSSR count). The van der Waals surface area contributed by atoms with E-state index in [0.29, 0.717) is 12.5 Å². The molecule has 76 valence electrons. The Balaban J connectivity index is 2.29. The third-order valence-electron chi connectivity index (χ3n) is 2.81. The van der Waals surface area contributed by atoms with Gasteiger partial charge in [0.2, 0.25) is 5.91 Å². The number of amides is 1. The minimum absolute atomic E-state index is 0.00651. The Hall–Kier alpha value is -0.570. The van der Waals surface area contributed by atoms with Gasteiger partial charge in [0.15, 0.2) is 0 Å². The Kier molecular flexibility index (Phi) is 3.31. The molecule has 0 radical (unpaired) electrons. The van der Waals surface area contributed by atoms with Crippen molar-refractivity contribution in [2.24, 2.45) is 5.73 Å². The molecular weight excluding hydrogens is 164 g/mol. The molecule has 0 atom stereocenters. The van der Waals surface area contributed by atoms with Gasteiger partial charge in [0, 0.05) is 18.0 Å². The largest absolute Gasteiger partial charge is 0.353 e. The van der Waals surface area contributed by atoms with E-state index in [1.54, 1.807) is 0 Å². The fourth-order valence-corrected chi connectivity index (χ4v) is 1.75. The summed E-state index contributed by atoms with van der Waals surface area (Å²) in [4.78, 5) is 11.1. The van der Waals surface area contributed by atoms with Crippen molar-refractivity contribution in [3.63, 3.8) is 0 Å². The first-order chi connectivity index (χ1) is 6.03. The van der Waals surface area contributed by atoms with Crippen LogP contribution in [0, 0.1) is 0 Å². The number of hydrogen-bond donors (Lipinski definition) is 2. The van der Waals surface area contributed by atoms with Crippen LogP contribution in [-0.2, 0) is 4.79 Å². The molecule has 0 spiro atoms. The smallest absolute Gasteiger partial charge is 0.219 e. The molecule has 3 heteroatoms. The number of nitrogens with two attached hydrogens (primary N) is 1. The van der Waals surface area contributed by atoms with Gasteiger partial charge in [-0.15, -0.1) is 0 Å². The maximum Gasteiger partial charge on any atom is 0.219 e. The Morgan fingerprint density at radius 3 is 2.54 bits per heavy atom. The molecule has 3 nitrogen and oxygen atoms in total. The highest BCUT2D eigenvalue weighted by Gasteiger charge is 2.27. The van der Waals surface area contributed by atoms with Crippen LogP contribution in [-0.4, -0.2) is 17.5 Å². The molecule has 1 fully saturated rings. The van der Waals surface area contributed by atoms with Crippen molar-refractivity contribution in [1.29, 1.82) is 0 Å². The van der Waals surface area contributed by atoms with Crippen LogP contribution in [0.2, 0.25) is 0 Å². The van der Waals surface area contributed by atoms with Gasteiger partial charge in [0.25, 0.3) is 0 Å². The summed E-state index contributed by atoms with van der Waals surface area (Å²) in [6, 6.07) is 0.365. The second-order valence-corrected chi connectivity index (χ2v) is 4.35. The SMILES string of the molecule is CCC(=O)NC1CCC(C)(N)CC1. The Morgan fingerprint density at radius 2 is 2.08 bits per heavy atom. The number of rotatable bonds is 2. The lowest BCUT2D eigenvalue weighted by molar-refractivity contribution is -0.121. The summed E-state index contributed by atoms with van der Waals surface area (Å²) in [5.74, 6) is 0.158. The van der Waals surface area contributed by atoms with Gasteiger partial charge in [0.05, 0.1) is 0 Å². The van der Waals surface area contributed by atoms with Gasteiger partial charge in [-0.3, -0.25) is 4.79 Å². The number of nitrogens with one attached hydrogen (secondary N) is 1. The predicted molar refractivity (Wildman–Crippen MR) is 53.3 cm³/mol. The van der Waals surface area contributed by atoms with Crippen LogP contribution in [0.25, 0.3) is 0 Å². The van der Waals surface area contributed by atoms with E-state index in [4.69, 9.17) is 5.73 Å². The molecule has 0 aliphatic heterocycles. The van der Waals surface area contributed by atoms with Crippen LogP contribution in [0.1, 0.15) is 46.0 Å². The summed E-state index contributed by atoms with van der Waals surface area (Å²) in [5, 5.41) is 3.01. The summed E-state index contributed by atoms with van der Waals surface area (Å²) in [6.45, 7) is 3.97. The van der Waals surface area contributed by atoms with E-state index in [-0.39, 0.29) is 11.4 Å². The quantitative estimate of drug-likeness (QED) is 0.677. The molecule has 0 aromatic rings. The number of carbonyl (C=O) groups is 1. The van der Waals surface area contributed by atoms with Gasteiger partial charge >= 0.3 is 0 Å². The first-order valence-corrected chi connectivity index (χ1v) is 5.12. The van der Waals surface area contributed by atoms with Gasteiger partial charge in [-0.2, -0.15) is 0 Å². The zero-order valence-electron chi connectivity index (χ0n) is 8.60. The first-order valence-electron chi connectivity index (χ1n) is 5.12. The molecule has 0 heterocycles. The first kappa shape index (κ1) is 10.5. The van der Waals surface area contributed by atoms with E-state index in [1.165, 1.54) is 0 Å². The van der Waals surface area contributed by atoms with E-state index in [9.17, 15) is 4.79 Å². The van der Waals surface area contributed by atoms with Crippen LogP contribution < -0.4 is 11.1 Å². The van der Waals surface area contributed by atoms with E-state index < -0.39 is 0 Å². The second-order valence-electron chi connectivity index (χ2n) is 4.35. The van der Waals surface area contributed by atoms with Gasteiger partial charge in [0.1, 0.15) is 0 Å². The molecular formula is C10H20N2O. The van der Waals surface area contributed by atoms with Gasteiger partial charge in [-0.1, -0.05) is 6.92 Å². The van der Waals surface area contributed by atoms with Crippen LogP contribution in [0.15, 0.2) is 0 Å².